The van der Waals surface area contributed by atoms with Crippen LogP contribution in [-0.4, -0.2) is 10.5 Å². The lowest BCUT2D eigenvalue weighted by Gasteiger charge is -2.10. The Hall–Kier alpha value is -2.70. The predicted molar refractivity (Wildman–Crippen MR) is 105 cm³/mol. The molecule has 1 aromatic carbocycles. The van der Waals surface area contributed by atoms with Gasteiger partial charge in [-0.1, -0.05) is 18.2 Å². The zero-order valence-electron chi connectivity index (χ0n) is 13.7. The van der Waals surface area contributed by atoms with Crippen LogP contribution in [0.3, 0.4) is 0 Å². The van der Waals surface area contributed by atoms with Gasteiger partial charge < -0.3 is 9.88 Å². The standard InChI is InChI=1S/C20H15FN2OS2/c21-15-7-5-14(6-8-15)17-13-26-19(18(17)23-9-1-2-10-23)20(24)22-12-16-4-3-11-25-16/h1-11,13H,12H2,(H,22,24). The molecule has 0 saturated heterocycles. The summed E-state index contributed by atoms with van der Waals surface area (Å²) in [5.41, 5.74) is 2.60. The van der Waals surface area contributed by atoms with E-state index in [-0.39, 0.29) is 11.7 Å². The molecule has 130 valence electrons. The Kier molecular flexibility index (Phi) is 4.69. The number of hydrogen-bond donors (Lipinski definition) is 1. The van der Waals surface area contributed by atoms with Crippen LogP contribution in [0.5, 0.6) is 0 Å². The second kappa shape index (κ2) is 7.27. The molecule has 0 saturated carbocycles. The van der Waals surface area contributed by atoms with E-state index in [1.807, 2.05) is 52.0 Å². The molecule has 0 fully saturated rings. The predicted octanol–water partition coefficient (Wildman–Crippen LogP) is 5.34. The molecule has 0 aliphatic heterocycles. The molecule has 3 aromatic heterocycles. The quantitative estimate of drug-likeness (QED) is 0.497. The third-order valence-corrected chi connectivity index (χ3v) is 5.84. The van der Waals surface area contributed by atoms with Gasteiger partial charge >= 0.3 is 0 Å². The fourth-order valence-corrected chi connectivity index (χ4v) is 4.38. The molecule has 4 aromatic rings. The molecule has 26 heavy (non-hydrogen) atoms. The first-order valence-corrected chi connectivity index (χ1v) is 9.79. The molecule has 3 heterocycles. The van der Waals surface area contributed by atoms with Crippen molar-refractivity contribution in [3.8, 4) is 16.8 Å². The van der Waals surface area contributed by atoms with Gasteiger partial charge in [-0.15, -0.1) is 22.7 Å². The van der Waals surface area contributed by atoms with E-state index in [0.717, 1.165) is 21.7 Å². The Morgan fingerprint density at radius 1 is 1.04 bits per heavy atom. The summed E-state index contributed by atoms with van der Waals surface area (Å²) in [7, 11) is 0. The molecule has 0 aliphatic rings. The number of benzene rings is 1. The monoisotopic (exact) mass is 382 g/mol. The van der Waals surface area contributed by atoms with E-state index in [2.05, 4.69) is 5.32 Å². The zero-order chi connectivity index (χ0) is 17.9. The first-order chi connectivity index (χ1) is 12.7. The number of hydrogen-bond acceptors (Lipinski definition) is 3. The molecule has 0 atom stereocenters. The van der Waals surface area contributed by atoms with Crippen LogP contribution in [0.1, 0.15) is 14.5 Å². The van der Waals surface area contributed by atoms with Crippen LogP contribution in [0, 0.1) is 5.82 Å². The minimum Gasteiger partial charge on any atom is -0.346 e. The van der Waals surface area contributed by atoms with E-state index in [1.54, 1.807) is 23.5 Å². The largest absolute Gasteiger partial charge is 0.346 e. The lowest BCUT2D eigenvalue weighted by atomic mass is 10.1. The highest BCUT2D eigenvalue weighted by Gasteiger charge is 2.20. The van der Waals surface area contributed by atoms with Crippen molar-refractivity contribution in [2.45, 2.75) is 6.54 Å². The lowest BCUT2D eigenvalue weighted by Crippen LogP contribution is -2.22. The van der Waals surface area contributed by atoms with E-state index < -0.39 is 0 Å². The molecule has 3 nitrogen and oxygen atoms in total. The molecule has 4 rings (SSSR count). The maximum Gasteiger partial charge on any atom is 0.263 e. The van der Waals surface area contributed by atoms with E-state index >= 15 is 0 Å². The van der Waals surface area contributed by atoms with Gasteiger partial charge in [0.25, 0.3) is 5.91 Å². The summed E-state index contributed by atoms with van der Waals surface area (Å²) < 4.78 is 15.2. The van der Waals surface area contributed by atoms with Crippen molar-refractivity contribution in [1.29, 1.82) is 0 Å². The number of aromatic nitrogens is 1. The number of thiophene rings is 2. The van der Waals surface area contributed by atoms with Crippen molar-refractivity contribution in [2.75, 3.05) is 0 Å². The van der Waals surface area contributed by atoms with Crippen LogP contribution in [0.4, 0.5) is 4.39 Å². The van der Waals surface area contributed by atoms with E-state index in [0.29, 0.717) is 11.4 Å². The first kappa shape index (κ1) is 16.8. The van der Waals surface area contributed by atoms with Crippen LogP contribution < -0.4 is 5.32 Å². The smallest absolute Gasteiger partial charge is 0.263 e. The summed E-state index contributed by atoms with van der Waals surface area (Å²) in [5.74, 6) is -0.388. The molecule has 1 amide bonds. The van der Waals surface area contributed by atoms with Crippen molar-refractivity contribution in [1.82, 2.24) is 9.88 Å². The molecule has 1 N–H and O–H groups in total. The highest BCUT2D eigenvalue weighted by atomic mass is 32.1. The molecule has 0 aliphatic carbocycles. The minimum absolute atomic E-state index is 0.111. The van der Waals surface area contributed by atoms with Gasteiger partial charge in [0.15, 0.2) is 0 Å². The summed E-state index contributed by atoms with van der Waals surface area (Å²) in [5, 5.41) is 6.92. The van der Waals surface area contributed by atoms with Gasteiger partial charge in [0.05, 0.1) is 12.2 Å². The SMILES string of the molecule is O=C(NCc1cccs1)c1scc(-c2ccc(F)cc2)c1-n1cccc1. The topological polar surface area (TPSA) is 34.0 Å². The molecule has 0 bridgehead atoms. The number of nitrogens with zero attached hydrogens (tertiary/aromatic N) is 1. The van der Waals surface area contributed by atoms with Gasteiger partial charge in [0, 0.05) is 28.2 Å². The molecule has 6 heteroatoms. The number of carbonyl (C=O) groups excluding carboxylic acids is 1. The van der Waals surface area contributed by atoms with Crippen molar-refractivity contribution in [2.24, 2.45) is 0 Å². The summed E-state index contributed by atoms with van der Waals surface area (Å²) >= 11 is 3.01. The summed E-state index contributed by atoms with van der Waals surface area (Å²) in [6.45, 7) is 0.505. The van der Waals surface area contributed by atoms with Crippen LogP contribution in [0.2, 0.25) is 0 Å². The molecule has 0 unspecified atom stereocenters. The van der Waals surface area contributed by atoms with Gasteiger partial charge in [-0.2, -0.15) is 0 Å². The van der Waals surface area contributed by atoms with Gasteiger partial charge in [0.1, 0.15) is 10.7 Å². The first-order valence-electron chi connectivity index (χ1n) is 8.04. The molecule has 0 radical (unpaired) electrons. The van der Waals surface area contributed by atoms with Gasteiger partial charge in [-0.3, -0.25) is 4.79 Å². The number of halogens is 1. The Morgan fingerprint density at radius 3 is 2.50 bits per heavy atom. The molecular weight excluding hydrogens is 367 g/mol. The van der Waals surface area contributed by atoms with E-state index in [9.17, 15) is 9.18 Å². The van der Waals surface area contributed by atoms with Crippen molar-refractivity contribution < 1.29 is 9.18 Å². The lowest BCUT2D eigenvalue weighted by molar-refractivity contribution is 0.0955. The van der Waals surface area contributed by atoms with Crippen molar-refractivity contribution >= 4 is 28.6 Å². The highest BCUT2D eigenvalue weighted by molar-refractivity contribution is 7.13. The average molecular weight is 382 g/mol. The maximum atomic E-state index is 13.3. The zero-order valence-corrected chi connectivity index (χ0v) is 15.3. The van der Waals surface area contributed by atoms with Gasteiger partial charge in [0.2, 0.25) is 0 Å². The molecular formula is C20H15FN2OS2. The second-order valence-corrected chi connectivity index (χ2v) is 7.60. The summed E-state index contributed by atoms with van der Waals surface area (Å²) in [4.78, 5) is 14.5. The van der Waals surface area contributed by atoms with Gasteiger partial charge in [-0.05, 0) is 41.3 Å². The van der Waals surface area contributed by atoms with Crippen molar-refractivity contribution in [3.05, 3.63) is 87.3 Å². The second-order valence-electron chi connectivity index (χ2n) is 5.69. The number of amides is 1. The summed E-state index contributed by atoms with van der Waals surface area (Å²) in [6.07, 6.45) is 3.82. The van der Waals surface area contributed by atoms with E-state index in [1.165, 1.54) is 23.5 Å². The third-order valence-electron chi connectivity index (χ3n) is 3.99. The maximum absolute atomic E-state index is 13.3. The Morgan fingerprint density at radius 2 is 1.81 bits per heavy atom. The number of rotatable bonds is 5. The average Bonchev–Trinajstić information content (AvgIpc) is 3.40. The van der Waals surface area contributed by atoms with Crippen LogP contribution in [-0.2, 0) is 6.54 Å². The normalized spacial score (nSPS) is 10.8. The summed E-state index contributed by atoms with van der Waals surface area (Å²) in [6, 6.07) is 14.1. The minimum atomic E-state index is -0.277. The Labute approximate surface area is 158 Å². The van der Waals surface area contributed by atoms with Gasteiger partial charge in [-0.25, -0.2) is 4.39 Å². The number of carbonyl (C=O) groups is 1. The fraction of sp³-hybridized carbons (Fsp3) is 0.0500. The highest BCUT2D eigenvalue weighted by Crippen LogP contribution is 2.35. The fourth-order valence-electron chi connectivity index (χ4n) is 2.75. The Bertz CT molecular complexity index is 1000. The Balaban J connectivity index is 1.70. The third kappa shape index (κ3) is 3.34. The van der Waals surface area contributed by atoms with E-state index in [4.69, 9.17) is 0 Å². The van der Waals surface area contributed by atoms with Crippen LogP contribution in [0.15, 0.2) is 71.7 Å². The molecule has 0 spiro atoms. The van der Waals surface area contributed by atoms with Crippen LogP contribution in [0.25, 0.3) is 16.8 Å². The number of nitrogens with one attached hydrogen (secondary N) is 1. The van der Waals surface area contributed by atoms with Crippen molar-refractivity contribution in [3.63, 3.8) is 0 Å². The van der Waals surface area contributed by atoms with Crippen LogP contribution >= 0.6 is 22.7 Å².